The monoisotopic (exact) mass is 224 g/mol. The molecule has 0 atom stereocenters. The highest BCUT2D eigenvalue weighted by molar-refractivity contribution is 5.87. The van der Waals surface area contributed by atoms with E-state index in [4.69, 9.17) is 10.2 Å². The van der Waals surface area contributed by atoms with Crippen molar-refractivity contribution in [2.24, 2.45) is 0 Å². The van der Waals surface area contributed by atoms with Crippen molar-refractivity contribution >= 4 is 11.9 Å². The molecule has 0 aromatic carbocycles. The summed E-state index contributed by atoms with van der Waals surface area (Å²) in [7, 11) is 0. The van der Waals surface area contributed by atoms with E-state index >= 15 is 0 Å². The van der Waals surface area contributed by atoms with Gasteiger partial charge in [-0.1, -0.05) is 0 Å². The van der Waals surface area contributed by atoms with Crippen molar-refractivity contribution in [2.75, 3.05) is 6.54 Å². The van der Waals surface area contributed by atoms with Crippen LogP contribution in [0.15, 0.2) is 18.3 Å². The number of aromatic carboxylic acids is 1. The van der Waals surface area contributed by atoms with Gasteiger partial charge >= 0.3 is 11.9 Å². The Morgan fingerprint density at radius 3 is 2.75 bits per heavy atom. The van der Waals surface area contributed by atoms with Crippen LogP contribution in [0, 0.1) is 0 Å². The van der Waals surface area contributed by atoms with Gasteiger partial charge in [0, 0.05) is 19.3 Å². The molecule has 86 valence electrons. The molecule has 0 fully saturated rings. The first kappa shape index (κ1) is 12.1. The summed E-state index contributed by atoms with van der Waals surface area (Å²) in [5.74, 6) is -1.88. The summed E-state index contributed by atoms with van der Waals surface area (Å²) in [6, 6.07) is 2.86. The summed E-state index contributed by atoms with van der Waals surface area (Å²) in [4.78, 5) is 24.8. The fourth-order valence-electron chi connectivity index (χ4n) is 1.12. The topological polar surface area (TPSA) is 99.5 Å². The van der Waals surface area contributed by atoms with Crippen LogP contribution in [0.2, 0.25) is 0 Å². The first-order chi connectivity index (χ1) is 7.59. The minimum atomic E-state index is -1.01. The fourth-order valence-corrected chi connectivity index (χ4v) is 1.12. The number of pyridine rings is 1. The van der Waals surface area contributed by atoms with E-state index in [1.807, 2.05) is 0 Å². The Kier molecular flexibility index (Phi) is 4.41. The predicted molar refractivity (Wildman–Crippen MR) is 55.2 cm³/mol. The van der Waals surface area contributed by atoms with Crippen molar-refractivity contribution in [3.05, 3.63) is 29.6 Å². The van der Waals surface area contributed by atoms with Gasteiger partial charge in [0.05, 0.1) is 17.7 Å². The first-order valence-electron chi connectivity index (χ1n) is 4.70. The van der Waals surface area contributed by atoms with Crippen LogP contribution >= 0.6 is 0 Å². The molecule has 1 heterocycles. The van der Waals surface area contributed by atoms with Gasteiger partial charge in [0.2, 0.25) is 0 Å². The van der Waals surface area contributed by atoms with Crippen LogP contribution in [0.25, 0.3) is 0 Å². The predicted octanol–water partition coefficient (Wildman–Crippen LogP) is 0.344. The fraction of sp³-hybridized carbons (Fsp3) is 0.300. The van der Waals surface area contributed by atoms with Gasteiger partial charge < -0.3 is 15.5 Å². The molecule has 0 aliphatic rings. The van der Waals surface area contributed by atoms with Crippen molar-refractivity contribution in [3.63, 3.8) is 0 Å². The molecule has 6 heteroatoms. The minimum Gasteiger partial charge on any atom is -0.481 e. The average Bonchev–Trinajstić information content (AvgIpc) is 2.24. The maximum absolute atomic E-state index is 10.6. The van der Waals surface area contributed by atoms with E-state index in [2.05, 4.69) is 10.3 Å². The quantitative estimate of drug-likeness (QED) is 0.603. The number of carboxylic acid groups (broad SMARTS) is 2. The van der Waals surface area contributed by atoms with Crippen molar-refractivity contribution in [1.82, 2.24) is 10.3 Å². The maximum atomic E-state index is 10.6. The van der Waals surface area contributed by atoms with Gasteiger partial charge in [-0.15, -0.1) is 0 Å². The number of aromatic nitrogens is 1. The molecule has 0 unspecified atom stereocenters. The van der Waals surface area contributed by atoms with Gasteiger partial charge in [0.15, 0.2) is 0 Å². The van der Waals surface area contributed by atoms with E-state index < -0.39 is 11.9 Å². The molecule has 0 aliphatic heterocycles. The minimum absolute atomic E-state index is 0.0264. The zero-order chi connectivity index (χ0) is 12.0. The first-order valence-corrected chi connectivity index (χ1v) is 4.70. The Balaban J connectivity index is 2.45. The Morgan fingerprint density at radius 1 is 1.38 bits per heavy atom. The van der Waals surface area contributed by atoms with Crippen LogP contribution < -0.4 is 5.32 Å². The normalized spacial score (nSPS) is 10.0. The lowest BCUT2D eigenvalue weighted by Gasteiger charge is -2.03. The lowest BCUT2D eigenvalue weighted by atomic mass is 10.2. The van der Waals surface area contributed by atoms with Gasteiger partial charge in [0.1, 0.15) is 0 Å². The molecule has 6 nitrogen and oxygen atoms in total. The summed E-state index contributed by atoms with van der Waals surface area (Å²) >= 11 is 0. The van der Waals surface area contributed by atoms with Crippen molar-refractivity contribution < 1.29 is 19.8 Å². The number of rotatable bonds is 6. The van der Waals surface area contributed by atoms with Crippen LogP contribution in [0.4, 0.5) is 0 Å². The van der Waals surface area contributed by atoms with Crippen LogP contribution in [0.5, 0.6) is 0 Å². The van der Waals surface area contributed by atoms with Crippen molar-refractivity contribution in [1.29, 1.82) is 0 Å². The van der Waals surface area contributed by atoms with E-state index in [1.165, 1.54) is 18.3 Å². The standard InChI is InChI=1S/C10H12N2O4/c13-9(14)2-3-11-6-8-5-7(10(15)16)1-4-12-8/h1,4-5,11H,2-3,6H2,(H,13,14)(H,15,16). The number of aliphatic carboxylic acids is 1. The summed E-state index contributed by atoms with van der Waals surface area (Å²) in [6.07, 6.45) is 1.44. The van der Waals surface area contributed by atoms with E-state index in [0.29, 0.717) is 18.8 Å². The van der Waals surface area contributed by atoms with E-state index in [0.717, 1.165) is 0 Å². The molecule has 0 aliphatic carbocycles. The van der Waals surface area contributed by atoms with Gasteiger partial charge in [-0.05, 0) is 12.1 Å². The molecule has 1 rings (SSSR count). The Bertz CT molecular complexity index is 392. The highest BCUT2D eigenvalue weighted by Crippen LogP contribution is 2.01. The molecular weight excluding hydrogens is 212 g/mol. The third-order valence-electron chi connectivity index (χ3n) is 1.89. The molecule has 0 radical (unpaired) electrons. The van der Waals surface area contributed by atoms with Gasteiger partial charge in [-0.3, -0.25) is 9.78 Å². The van der Waals surface area contributed by atoms with Crippen molar-refractivity contribution in [2.45, 2.75) is 13.0 Å². The Morgan fingerprint density at radius 2 is 2.12 bits per heavy atom. The van der Waals surface area contributed by atoms with Gasteiger partial charge in [0.25, 0.3) is 0 Å². The molecule has 0 saturated carbocycles. The van der Waals surface area contributed by atoms with Gasteiger partial charge in [-0.25, -0.2) is 4.79 Å². The summed E-state index contributed by atoms with van der Waals surface area (Å²) in [6.45, 7) is 0.683. The zero-order valence-electron chi connectivity index (χ0n) is 8.51. The lowest BCUT2D eigenvalue weighted by Crippen LogP contribution is -2.18. The molecule has 0 spiro atoms. The van der Waals surface area contributed by atoms with E-state index in [1.54, 1.807) is 0 Å². The average molecular weight is 224 g/mol. The number of nitrogens with one attached hydrogen (secondary N) is 1. The van der Waals surface area contributed by atoms with Gasteiger partial charge in [-0.2, -0.15) is 0 Å². The van der Waals surface area contributed by atoms with Crippen LogP contribution in [-0.2, 0) is 11.3 Å². The smallest absolute Gasteiger partial charge is 0.335 e. The summed E-state index contributed by atoms with van der Waals surface area (Å²) in [5, 5.41) is 20.0. The molecule has 0 bridgehead atoms. The number of hydrogen-bond donors (Lipinski definition) is 3. The van der Waals surface area contributed by atoms with E-state index in [-0.39, 0.29) is 12.0 Å². The Hall–Kier alpha value is -1.95. The summed E-state index contributed by atoms with van der Waals surface area (Å²) in [5.41, 5.74) is 0.746. The SMILES string of the molecule is O=C(O)CCNCc1cc(C(=O)O)ccn1. The van der Waals surface area contributed by atoms with Crippen LogP contribution in [0.3, 0.4) is 0 Å². The highest BCUT2D eigenvalue weighted by atomic mass is 16.4. The molecule has 0 saturated heterocycles. The largest absolute Gasteiger partial charge is 0.481 e. The second kappa shape index (κ2) is 5.82. The molecule has 0 amide bonds. The lowest BCUT2D eigenvalue weighted by molar-refractivity contribution is -0.136. The molecule has 1 aromatic rings. The second-order valence-electron chi connectivity index (χ2n) is 3.16. The maximum Gasteiger partial charge on any atom is 0.335 e. The third kappa shape index (κ3) is 4.05. The second-order valence-corrected chi connectivity index (χ2v) is 3.16. The molecule has 16 heavy (non-hydrogen) atoms. The summed E-state index contributed by atoms with van der Waals surface area (Å²) < 4.78 is 0. The number of carbonyl (C=O) groups is 2. The third-order valence-corrected chi connectivity index (χ3v) is 1.89. The number of nitrogens with zero attached hydrogens (tertiary/aromatic N) is 1. The van der Waals surface area contributed by atoms with E-state index in [9.17, 15) is 9.59 Å². The number of carboxylic acids is 2. The van der Waals surface area contributed by atoms with Crippen molar-refractivity contribution in [3.8, 4) is 0 Å². The highest BCUT2D eigenvalue weighted by Gasteiger charge is 2.04. The molecule has 1 aromatic heterocycles. The molecule has 3 N–H and O–H groups in total. The van der Waals surface area contributed by atoms with Crippen LogP contribution in [0.1, 0.15) is 22.5 Å². The number of hydrogen-bond acceptors (Lipinski definition) is 4. The zero-order valence-corrected chi connectivity index (χ0v) is 8.51. The Labute approximate surface area is 91.9 Å². The van der Waals surface area contributed by atoms with Crippen LogP contribution in [-0.4, -0.2) is 33.7 Å². The molecular formula is C10H12N2O4.